The van der Waals surface area contributed by atoms with E-state index in [1.165, 1.54) is 0 Å². The van der Waals surface area contributed by atoms with Crippen LogP contribution in [0.2, 0.25) is 0 Å². The molecule has 2 fully saturated rings. The van der Waals surface area contributed by atoms with Crippen molar-refractivity contribution in [2.45, 2.75) is 43.9 Å². The normalized spacial score (nSPS) is 21.9. The van der Waals surface area contributed by atoms with E-state index in [-0.39, 0.29) is 23.7 Å². The molecule has 3 aromatic rings. The van der Waals surface area contributed by atoms with Crippen molar-refractivity contribution in [3.63, 3.8) is 0 Å². The van der Waals surface area contributed by atoms with Crippen LogP contribution in [0.25, 0.3) is 10.8 Å². The van der Waals surface area contributed by atoms with Crippen molar-refractivity contribution in [3.05, 3.63) is 47.3 Å². The fourth-order valence-electron chi connectivity index (χ4n) is 4.03. The number of aromatic nitrogens is 4. The molecule has 1 saturated heterocycles. The van der Waals surface area contributed by atoms with Crippen LogP contribution >= 0.6 is 0 Å². The second kappa shape index (κ2) is 8.00. The van der Waals surface area contributed by atoms with E-state index in [0.717, 1.165) is 31.1 Å². The summed E-state index contributed by atoms with van der Waals surface area (Å²) in [5, 5.41) is 17.8. The van der Waals surface area contributed by atoms with Crippen molar-refractivity contribution in [1.82, 2.24) is 19.5 Å². The molecule has 0 radical (unpaired) electrons. The lowest BCUT2D eigenvalue weighted by atomic mass is 9.93. The van der Waals surface area contributed by atoms with Crippen molar-refractivity contribution < 1.29 is 9.84 Å². The van der Waals surface area contributed by atoms with Crippen LogP contribution in [0.5, 0.6) is 0 Å². The molecular formula is C21H24N6O3. The topological polar surface area (TPSA) is 114 Å². The van der Waals surface area contributed by atoms with E-state index in [0.29, 0.717) is 36.1 Å². The van der Waals surface area contributed by atoms with Crippen LogP contribution in [0.1, 0.15) is 31.7 Å². The Hall–Kier alpha value is -3.04. The Morgan fingerprint density at radius 1 is 1.13 bits per heavy atom. The van der Waals surface area contributed by atoms with E-state index >= 15 is 0 Å². The van der Waals surface area contributed by atoms with E-state index in [1.54, 1.807) is 23.2 Å². The molecule has 1 aliphatic carbocycles. The Morgan fingerprint density at radius 3 is 2.67 bits per heavy atom. The Labute approximate surface area is 173 Å². The van der Waals surface area contributed by atoms with Gasteiger partial charge in [0, 0.05) is 24.6 Å². The van der Waals surface area contributed by atoms with Crippen molar-refractivity contribution in [1.29, 1.82) is 0 Å². The third-order valence-corrected chi connectivity index (χ3v) is 5.78. The van der Waals surface area contributed by atoms with Gasteiger partial charge in [-0.2, -0.15) is 0 Å². The first-order chi connectivity index (χ1) is 14.7. The average Bonchev–Trinajstić information content (AvgIpc) is 2.71. The summed E-state index contributed by atoms with van der Waals surface area (Å²) >= 11 is 0. The summed E-state index contributed by atoms with van der Waals surface area (Å²) in [6.45, 7) is 1.10. The third kappa shape index (κ3) is 3.73. The summed E-state index contributed by atoms with van der Waals surface area (Å²) in [7, 11) is 0. The van der Waals surface area contributed by atoms with Crippen LogP contribution < -0.4 is 16.2 Å². The number of ether oxygens (including phenoxy) is 1. The summed E-state index contributed by atoms with van der Waals surface area (Å²) in [5.74, 6) is 1.72. The van der Waals surface area contributed by atoms with Gasteiger partial charge in [-0.05, 0) is 43.2 Å². The lowest BCUT2D eigenvalue weighted by Gasteiger charge is -2.29. The van der Waals surface area contributed by atoms with Gasteiger partial charge >= 0.3 is 0 Å². The van der Waals surface area contributed by atoms with Gasteiger partial charge in [0.1, 0.15) is 17.5 Å². The molecule has 2 aliphatic rings. The highest BCUT2D eigenvalue weighted by molar-refractivity contribution is 5.93. The number of aliphatic hydroxyl groups excluding tert-OH is 1. The standard InChI is InChI=1S/C21H24N6O3/c28-16-3-1-14(2-4-16)24-20-19-13(5-8-27(21(19)29)15-11-30-12-15)9-17(26-20)25-18-10-22-6-7-23-18/h5-10,14-16,28H,1-4,11-12H2,(H2,23,24,25,26)/t14-,16+. The Balaban J connectivity index is 1.55. The molecular weight excluding hydrogens is 384 g/mol. The monoisotopic (exact) mass is 408 g/mol. The molecule has 5 rings (SSSR count). The average molecular weight is 408 g/mol. The molecule has 9 heteroatoms. The highest BCUT2D eigenvalue weighted by Gasteiger charge is 2.25. The number of fused-ring (bicyclic) bond motifs is 1. The first kappa shape index (κ1) is 19.0. The quantitative estimate of drug-likeness (QED) is 0.589. The van der Waals surface area contributed by atoms with Crippen LogP contribution in [0.4, 0.5) is 17.5 Å². The second-order valence-corrected chi connectivity index (χ2v) is 7.91. The largest absolute Gasteiger partial charge is 0.393 e. The molecule has 0 spiro atoms. The van der Waals surface area contributed by atoms with Gasteiger partial charge in [0.05, 0.1) is 36.9 Å². The minimum Gasteiger partial charge on any atom is -0.393 e. The molecule has 1 saturated carbocycles. The Morgan fingerprint density at radius 2 is 1.97 bits per heavy atom. The summed E-state index contributed by atoms with van der Waals surface area (Å²) in [4.78, 5) is 26.3. The van der Waals surface area contributed by atoms with Crippen LogP contribution in [-0.4, -0.2) is 50.0 Å². The van der Waals surface area contributed by atoms with Gasteiger partial charge in [-0.15, -0.1) is 0 Å². The molecule has 0 amide bonds. The third-order valence-electron chi connectivity index (χ3n) is 5.78. The lowest BCUT2D eigenvalue weighted by molar-refractivity contribution is -0.0246. The maximum absolute atomic E-state index is 13.3. The first-order valence-electron chi connectivity index (χ1n) is 10.3. The van der Waals surface area contributed by atoms with Crippen molar-refractivity contribution >= 4 is 28.2 Å². The Kier molecular flexibility index (Phi) is 5.06. The van der Waals surface area contributed by atoms with E-state index < -0.39 is 0 Å². The zero-order chi connectivity index (χ0) is 20.5. The number of rotatable bonds is 5. The molecule has 0 atom stereocenters. The molecule has 3 N–H and O–H groups in total. The van der Waals surface area contributed by atoms with E-state index in [9.17, 15) is 9.90 Å². The molecule has 156 valence electrons. The van der Waals surface area contributed by atoms with Gasteiger partial charge in [0.25, 0.3) is 5.56 Å². The fourth-order valence-corrected chi connectivity index (χ4v) is 4.03. The highest BCUT2D eigenvalue weighted by Crippen LogP contribution is 2.28. The lowest BCUT2D eigenvalue weighted by Crippen LogP contribution is -2.37. The predicted molar refractivity (Wildman–Crippen MR) is 113 cm³/mol. The minimum atomic E-state index is -0.242. The van der Waals surface area contributed by atoms with E-state index in [4.69, 9.17) is 9.72 Å². The highest BCUT2D eigenvalue weighted by atomic mass is 16.5. The van der Waals surface area contributed by atoms with Gasteiger partial charge in [-0.1, -0.05) is 0 Å². The maximum atomic E-state index is 13.3. The summed E-state index contributed by atoms with van der Waals surface area (Å²) in [5.41, 5.74) is -0.0716. The van der Waals surface area contributed by atoms with Crippen LogP contribution in [0.15, 0.2) is 41.7 Å². The fraction of sp³-hybridized carbons (Fsp3) is 0.429. The molecule has 0 aromatic carbocycles. The number of nitrogens with zero attached hydrogens (tertiary/aromatic N) is 4. The van der Waals surface area contributed by atoms with Crippen molar-refractivity contribution in [2.24, 2.45) is 0 Å². The number of nitrogens with one attached hydrogen (secondary N) is 2. The number of hydrogen-bond donors (Lipinski definition) is 3. The molecule has 0 unspecified atom stereocenters. The predicted octanol–water partition coefficient (Wildman–Crippen LogP) is 2.22. The van der Waals surface area contributed by atoms with Gasteiger partial charge < -0.3 is 25.0 Å². The second-order valence-electron chi connectivity index (χ2n) is 7.91. The summed E-state index contributed by atoms with van der Waals surface area (Å²) in [6, 6.07) is 4.02. The Bertz CT molecular complexity index is 1090. The van der Waals surface area contributed by atoms with E-state index in [2.05, 4.69) is 20.6 Å². The number of anilines is 3. The van der Waals surface area contributed by atoms with E-state index in [1.807, 2.05) is 18.3 Å². The van der Waals surface area contributed by atoms with Crippen LogP contribution in [-0.2, 0) is 4.74 Å². The number of aliphatic hydroxyl groups is 1. The number of pyridine rings is 2. The zero-order valence-electron chi connectivity index (χ0n) is 16.5. The SMILES string of the molecule is O=c1c2c(N[C@H]3CC[C@@H](O)CC3)nc(Nc3cnccn3)cc2ccn1C1COC1. The maximum Gasteiger partial charge on any atom is 0.262 e. The van der Waals surface area contributed by atoms with Gasteiger partial charge in [-0.25, -0.2) is 9.97 Å². The minimum absolute atomic E-state index is 0.0666. The molecule has 3 aromatic heterocycles. The zero-order valence-corrected chi connectivity index (χ0v) is 16.5. The van der Waals surface area contributed by atoms with Crippen LogP contribution in [0, 0.1) is 0 Å². The molecule has 4 heterocycles. The van der Waals surface area contributed by atoms with Crippen LogP contribution in [0.3, 0.4) is 0 Å². The summed E-state index contributed by atoms with van der Waals surface area (Å²) < 4.78 is 7.00. The molecule has 0 bridgehead atoms. The molecule has 1 aliphatic heterocycles. The smallest absolute Gasteiger partial charge is 0.262 e. The molecule has 9 nitrogen and oxygen atoms in total. The summed E-state index contributed by atoms with van der Waals surface area (Å²) in [6.07, 6.45) is 9.58. The van der Waals surface area contributed by atoms with Gasteiger partial charge in [-0.3, -0.25) is 9.78 Å². The van der Waals surface area contributed by atoms with Gasteiger partial charge in [0.15, 0.2) is 0 Å². The molecule has 30 heavy (non-hydrogen) atoms. The first-order valence-corrected chi connectivity index (χ1v) is 10.3. The van der Waals surface area contributed by atoms with Crippen molar-refractivity contribution in [2.75, 3.05) is 23.8 Å². The van der Waals surface area contributed by atoms with Crippen molar-refractivity contribution in [3.8, 4) is 0 Å². The van der Waals surface area contributed by atoms with Gasteiger partial charge in [0.2, 0.25) is 0 Å². The number of hydrogen-bond acceptors (Lipinski definition) is 8.